The Morgan fingerprint density at radius 3 is 2.36 bits per heavy atom. The van der Waals surface area contributed by atoms with Crippen LogP contribution in [0, 0.1) is 11.8 Å². The van der Waals surface area contributed by atoms with Crippen molar-refractivity contribution in [1.29, 1.82) is 0 Å². The van der Waals surface area contributed by atoms with Crippen LogP contribution in [0.3, 0.4) is 0 Å². The SMILES string of the molecule is COCCC(C)C(O)CNCC(C)C. The van der Waals surface area contributed by atoms with Gasteiger partial charge in [0.2, 0.25) is 0 Å². The van der Waals surface area contributed by atoms with Gasteiger partial charge in [-0.05, 0) is 24.8 Å². The molecule has 0 bridgehead atoms. The third-order valence-electron chi connectivity index (χ3n) is 2.34. The van der Waals surface area contributed by atoms with E-state index in [0.29, 0.717) is 18.4 Å². The molecule has 0 saturated heterocycles. The van der Waals surface area contributed by atoms with Crippen molar-refractivity contribution < 1.29 is 9.84 Å². The minimum Gasteiger partial charge on any atom is -0.392 e. The fourth-order valence-corrected chi connectivity index (χ4v) is 1.22. The van der Waals surface area contributed by atoms with Gasteiger partial charge in [0.15, 0.2) is 0 Å². The van der Waals surface area contributed by atoms with Crippen LogP contribution in [-0.4, -0.2) is 38.0 Å². The molecule has 0 aromatic heterocycles. The zero-order chi connectivity index (χ0) is 11.0. The molecular formula is C11H25NO2. The van der Waals surface area contributed by atoms with Gasteiger partial charge in [0.05, 0.1) is 6.10 Å². The van der Waals surface area contributed by atoms with Crippen molar-refractivity contribution in [1.82, 2.24) is 5.32 Å². The Morgan fingerprint density at radius 2 is 1.86 bits per heavy atom. The van der Waals surface area contributed by atoms with E-state index >= 15 is 0 Å². The molecule has 0 heterocycles. The number of aliphatic hydroxyl groups excluding tert-OH is 1. The fraction of sp³-hybridized carbons (Fsp3) is 1.00. The van der Waals surface area contributed by atoms with Crippen LogP contribution in [0.5, 0.6) is 0 Å². The lowest BCUT2D eigenvalue weighted by atomic mass is 10.0. The molecule has 0 amide bonds. The van der Waals surface area contributed by atoms with Gasteiger partial charge in [-0.2, -0.15) is 0 Å². The van der Waals surface area contributed by atoms with Crippen LogP contribution >= 0.6 is 0 Å². The summed E-state index contributed by atoms with van der Waals surface area (Å²) in [6, 6.07) is 0. The van der Waals surface area contributed by atoms with Gasteiger partial charge in [-0.25, -0.2) is 0 Å². The summed E-state index contributed by atoms with van der Waals surface area (Å²) in [6.45, 7) is 8.75. The van der Waals surface area contributed by atoms with Gasteiger partial charge in [-0.1, -0.05) is 20.8 Å². The van der Waals surface area contributed by atoms with E-state index in [1.54, 1.807) is 7.11 Å². The number of ether oxygens (including phenoxy) is 1. The number of nitrogens with one attached hydrogen (secondary N) is 1. The third-order valence-corrected chi connectivity index (χ3v) is 2.34. The highest BCUT2D eigenvalue weighted by Crippen LogP contribution is 2.07. The first-order chi connectivity index (χ1) is 6.57. The van der Waals surface area contributed by atoms with E-state index in [1.807, 2.05) is 0 Å². The van der Waals surface area contributed by atoms with E-state index in [2.05, 4.69) is 26.1 Å². The smallest absolute Gasteiger partial charge is 0.0690 e. The summed E-state index contributed by atoms with van der Waals surface area (Å²) >= 11 is 0. The Morgan fingerprint density at radius 1 is 1.21 bits per heavy atom. The lowest BCUT2D eigenvalue weighted by molar-refractivity contribution is 0.0874. The highest BCUT2D eigenvalue weighted by atomic mass is 16.5. The molecule has 0 aliphatic heterocycles. The van der Waals surface area contributed by atoms with E-state index in [1.165, 1.54) is 0 Å². The highest BCUT2D eigenvalue weighted by molar-refractivity contribution is 4.67. The summed E-state index contributed by atoms with van der Waals surface area (Å²) < 4.78 is 4.97. The Kier molecular flexibility index (Phi) is 8.14. The van der Waals surface area contributed by atoms with Crippen molar-refractivity contribution >= 4 is 0 Å². The first-order valence-corrected chi connectivity index (χ1v) is 5.45. The molecular weight excluding hydrogens is 178 g/mol. The highest BCUT2D eigenvalue weighted by Gasteiger charge is 2.13. The Hall–Kier alpha value is -0.120. The molecule has 0 aliphatic rings. The van der Waals surface area contributed by atoms with Gasteiger partial charge < -0.3 is 15.2 Å². The van der Waals surface area contributed by atoms with Gasteiger partial charge in [0.1, 0.15) is 0 Å². The average molecular weight is 203 g/mol. The van der Waals surface area contributed by atoms with Crippen LogP contribution in [0.25, 0.3) is 0 Å². The van der Waals surface area contributed by atoms with Crippen LogP contribution in [0.15, 0.2) is 0 Å². The second kappa shape index (κ2) is 8.21. The maximum absolute atomic E-state index is 9.74. The molecule has 0 aromatic carbocycles. The summed E-state index contributed by atoms with van der Waals surface area (Å²) in [7, 11) is 1.69. The predicted octanol–water partition coefficient (Wildman–Crippen LogP) is 1.27. The topological polar surface area (TPSA) is 41.5 Å². The standard InChI is InChI=1S/C11H25NO2/c1-9(2)7-12-8-11(13)10(3)5-6-14-4/h9-13H,5-8H2,1-4H3. The summed E-state index contributed by atoms with van der Waals surface area (Å²) in [6.07, 6.45) is 0.657. The molecule has 0 saturated carbocycles. The maximum Gasteiger partial charge on any atom is 0.0690 e. The molecule has 2 N–H and O–H groups in total. The normalized spacial score (nSPS) is 15.9. The summed E-state index contributed by atoms with van der Waals surface area (Å²) in [5.41, 5.74) is 0. The summed E-state index contributed by atoms with van der Waals surface area (Å²) in [5, 5.41) is 13.0. The molecule has 0 aromatic rings. The van der Waals surface area contributed by atoms with Crippen LogP contribution in [0.2, 0.25) is 0 Å². The van der Waals surface area contributed by atoms with Gasteiger partial charge >= 0.3 is 0 Å². The molecule has 2 atom stereocenters. The lowest BCUT2D eigenvalue weighted by Gasteiger charge is -2.19. The summed E-state index contributed by atoms with van der Waals surface area (Å²) in [4.78, 5) is 0. The largest absolute Gasteiger partial charge is 0.392 e. The van der Waals surface area contributed by atoms with Gasteiger partial charge in [-0.3, -0.25) is 0 Å². The van der Waals surface area contributed by atoms with Crippen molar-refractivity contribution in [2.75, 3.05) is 26.8 Å². The minimum atomic E-state index is -0.260. The number of rotatable bonds is 8. The number of methoxy groups -OCH3 is 1. The van der Waals surface area contributed by atoms with Crippen molar-refractivity contribution in [2.24, 2.45) is 11.8 Å². The molecule has 14 heavy (non-hydrogen) atoms. The molecule has 0 radical (unpaired) electrons. The monoisotopic (exact) mass is 203 g/mol. The van der Waals surface area contributed by atoms with Crippen LogP contribution < -0.4 is 5.32 Å². The molecule has 3 nitrogen and oxygen atoms in total. The molecule has 0 spiro atoms. The lowest BCUT2D eigenvalue weighted by Crippen LogP contribution is -2.34. The number of hydrogen-bond acceptors (Lipinski definition) is 3. The molecule has 0 fully saturated rings. The third kappa shape index (κ3) is 7.30. The van der Waals surface area contributed by atoms with Crippen LogP contribution in [-0.2, 0) is 4.74 Å². The average Bonchev–Trinajstić information content (AvgIpc) is 2.13. The second-order valence-electron chi connectivity index (χ2n) is 4.38. The quantitative estimate of drug-likeness (QED) is 0.624. The molecule has 86 valence electrons. The first kappa shape index (κ1) is 13.9. The number of hydrogen-bond donors (Lipinski definition) is 2. The number of aliphatic hydroxyl groups is 1. The maximum atomic E-state index is 9.74. The van der Waals surface area contributed by atoms with E-state index in [0.717, 1.165) is 19.6 Å². The Bertz CT molecular complexity index is 128. The summed E-state index contributed by atoms with van der Waals surface area (Å²) in [5.74, 6) is 0.936. The van der Waals surface area contributed by atoms with E-state index in [-0.39, 0.29) is 6.10 Å². The second-order valence-corrected chi connectivity index (χ2v) is 4.38. The molecule has 2 unspecified atom stereocenters. The zero-order valence-electron chi connectivity index (χ0n) is 9.92. The Labute approximate surface area is 87.8 Å². The zero-order valence-corrected chi connectivity index (χ0v) is 9.92. The van der Waals surface area contributed by atoms with Crippen molar-refractivity contribution in [3.05, 3.63) is 0 Å². The minimum absolute atomic E-state index is 0.260. The van der Waals surface area contributed by atoms with E-state index in [9.17, 15) is 5.11 Å². The fourth-order valence-electron chi connectivity index (χ4n) is 1.22. The van der Waals surface area contributed by atoms with Crippen LogP contribution in [0.4, 0.5) is 0 Å². The molecule has 0 rings (SSSR count). The van der Waals surface area contributed by atoms with Crippen molar-refractivity contribution in [3.8, 4) is 0 Å². The van der Waals surface area contributed by atoms with E-state index < -0.39 is 0 Å². The van der Waals surface area contributed by atoms with Gasteiger partial charge in [-0.15, -0.1) is 0 Å². The van der Waals surface area contributed by atoms with Gasteiger partial charge in [0, 0.05) is 20.3 Å². The Balaban J connectivity index is 3.46. The first-order valence-electron chi connectivity index (χ1n) is 5.45. The molecule has 3 heteroatoms. The van der Waals surface area contributed by atoms with Crippen LogP contribution in [0.1, 0.15) is 27.2 Å². The predicted molar refractivity (Wildman–Crippen MR) is 59.4 cm³/mol. The van der Waals surface area contributed by atoms with Crippen molar-refractivity contribution in [3.63, 3.8) is 0 Å². The van der Waals surface area contributed by atoms with Gasteiger partial charge in [0.25, 0.3) is 0 Å². The van der Waals surface area contributed by atoms with Crippen molar-refractivity contribution in [2.45, 2.75) is 33.3 Å². The van der Waals surface area contributed by atoms with E-state index in [4.69, 9.17) is 4.74 Å². The molecule has 0 aliphatic carbocycles.